The lowest BCUT2D eigenvalue weighted by atomic mass is 9.56. The topological polar surface area (TPSA) is 59.1 Å². The number of ether oxygens (including phenoxy) is 2. The van der Waals surface area contributed by atoms with Crippen molar-refractivity contribution in [1.82, 2.24) is 9.80 Å². The molecule has 0 bridgehead atoms. The second-order valence-electron chi connectivity index (χ2n) is 9.82. The van der Waals surface area contributed by atoms with Crippen LogP contribution in [-0.2, 0) is 14.9 Å². The maximum atomic E-state index is 13.4. The van der Waals surface area contributed by atoms with Crippen molar-refractivity contribution in [2.24, 2.45) is 5.92 Å². The third-order valence-electron chi connectivity index (χ3n) is 7.83. The molecule has 1 saturated heterocycles. The number of benzene rings is 2. The predicted octanol–water partition coefficient (Wildman–Crippen LogP) is 4.31. The highest BCUT2D eigenvalue weighted by molar-refractivity contribution is 5.94. The Balaban J connectivity index is 1.75. The molecule has 1 heterocycles. The van der Waals surface area contributed by atoms with Gasteiger partial charge < -0.3 is 14.4 Å². The summed E-state index contributed by atoms with van der Waals surface area (Å²) in [4.78, 5) is 29.8. The molecular formula is C29H36N2O4. The van der Waals surface area contributed by atoms with Crippen molar-refractivity contribution in [3.63, 3.8) is 0 Å². The van der Waals surface area contributed by atoms with Crippen molar-refractivity contribution in [3.8, 4) is 5.75 Å². The fraction of sp³-hybridized carbons (Fsp3) is 0.448. The van der Waals surface area contributed by atoms with Gasteiger partial charge in [-0.15, -0.1) is 6.58 Å². The van der Waals surface area contributed by atoms with Crippen molar-refractivity contribution in [3.05, 3.63) is 78.4 Å². The molecule has 0 spiro atoms. The van der Waals surface area contributed by atoms with Gasteiger partial charge in [0.25, 0.3) is 5.91 Å². The molecule has 3 unspecified atom stereocenters. The van der Waals surface area contributed by atoms with Gasteiger partial charge in [-0.3, -0.25) is 14.5 Å². The summed E-state index contributed by atoms with van der Waals surface area (Å²) in [6.07, 6.45) is 3.96. The third kappa shape index (κ3) is 5.13. The first kappa shape index (κ1) is 25.0. The predicted molar refractivity (Wildman–Crippen MR) is 137 cm³/mol. The number of nitrogens with zero attached hydrogens (tertiary/aromatic N) is 2. The SMILES string of the molecule is C=CCN1CCC2(c3cccc(OC)c3)C[C@@H](N(C)C(=O)c3ccccc3)CC(OC(C)=O)C2C1. The van der Waals surface area contributed by atoms with E-state index in [1.54, 1.807) is 7.11 Å². The lowest BCUT2D eigenvalue weighted by molar-refractivity contribution is -0.158. The molecule has 0 aromatic heterocycles. The average molecular weight is 477 g/mol. The molecule has 1 aliphatic heterocycles. The summed E-state index contributed by atoms with van der Waals surface area (Å²) in [7, 11) is 3.55. The Morgan fingerprint density at radius 2 is 1.97 bits per heavy atom. The summed E-state index contributed by atoms with van der Waals surface area (Å²) in [5.41, 5.74) is 1.60. The standard InChI is InChI=1S/C29H36N2O4/c1-5-15-31-16-14-29(23-12-9-13-25(17-23)34-4)19-24(18-27(26(29)20-31)35-21(2)32)30(3)28(33)22-10-7-6-8-11-22/h5-13,17,24,26-27H,1,14-16,18-20H2,2-4H3/t24-,26?,27?,29?/m0/s1. The van der Waals surface area contributed by atoms with Crippen LogP contribution in [0.5, 0.6) is 5.75 Å². The van der Waals surface area contributed by atoms with E-state index < -0.39 is 0 Å². The van der Waals surface area contributed by atoms with Crippen LogP contribution in [0.4, 0.5) is 0 Å². The van der Waals surface area contributed by atoms with Crippen LogP contribution in [0, 0.1) is 5.92 Å². The van der Waals surface area contributed by atoms with Gasteiger partial charge in [-0.1, -0.05) is 36.4 Å². The zero-order valence-corrected chi connectivity index (χ0v) is 21.0. The van der Waals surface area contributed by atoms with E-state index in [2.05, 4.69) is 23.6 Å². The van der Waals surface area contributed by atoms with Crippen LogP contribution in [0.15, 0.2) is 67.3 Å². The molecule has 0 N–H and O–H groups in total. The lowest BCUT2D eigenvalue weighted by Gasteiger charge is -2.56. The van der Waals surface area contributed by atoms with E-state index in [1.165, 1.54) is 12.5 Å². The number of fused-ring (bicyclic) bond motifs is 1. The van der Waals surface area contributed by atoms with Gasteiger partial charge in [0.15, 0.2) is 0 Å². The van der Waals surface area contributed by atoms with Crippen molar-refractivity contribution in [2.45, 2.75) is 43.7 Å². The fourth-order valence-corrected chi connectivity index (χ4v) is 6.10. The Morgan fingerprint density at radius 3 is 2.66 bits per heavy atom. The molecule has 0 radical (unpaired) electrons. The number of likely N-dealkylation sites (tertiary alicyclic amines) is 1. The van der Waals surface area contributed by atoms with E-state index in [0.717, 1.165) is 38.2 Å². The summed E-state index contributed by atoms with van der Waals surface area (Å²) in [5, 5.41) is 0. The minimum absolute atomic E-state index is 0.0134. The van der Waals surface area contributed by atoms with E-state index in [9.17, 15) is 9.59 Å². The van der Waals surface area contributed by atoms with Crippen molar-refractivity contribution in [1.29, 1.82) is 0 Å². The largest absolute Gasteiger partial charge is 0.497 e. The fourth-order valence-electron chi connectivity index (χ4n) is 6.10. The van der Waals surface area contributed by atoms with Gasteiger partial charge in [0.05, 0.1) is 7.11 Å². The number of esters is 1. The Morgan fingerprint density at radius 1 is 1.20 bits per heavy atom. The number of methoxy groups -OCH3 is 1. The Hall–Kier alpha value is -3.12. The number of carbonyl (C=O) groups is 2. The van der Waals surface area contributed by atoms with Crippen LogP contribution >= 0.6 is 0 Å². The number of amides is 1. The van der Waals surface area contributed by atoms with Crippen LogP contribution in [0.2, 0.25) is 0 Å². The lowest BCUT2D eigenvalue weighted by Crippen LogP contribution is -2.61. The molecule has 2 aliphatic rings. The van der Waals surface area contributed by atoms with Crippen molar-refractivity contribution < 1.29 is 19.1 Å². The average Bonchev–Trinajstić information content (AvgIpc) is 2.88. The van der Waals surface area contributed by atoms with Crippen LogP contribution in [0.3, 0.4) is 0 Å². The Kier molecular flexibility index (Phi) is 7.60. The molecule has 1 amide bonds. The first-order valence-electron chi connectivity index (χ1n) is 12.3. The van der Waals surface area contributed by atoms with Crippen LogP contribution in [0.1, 0.15) is 42.1 Å². The maximum absolute atomic E-state index is 13.4. The summed E-state index contributed by atoms with van der Waals surface area (Å²) in [6.45, 7) is 7.91. The molecule has 1 aliphatic carbocycles. The smallest absolute Gasteiger partial charge is 0.302 e. The van der Waals surface area contributed by atoms with E-state index in [1.807, 2.05) is 60.5 Å². The van der Waals surface area contributed by atoms with E-state index in [0.29, 0.717) is 12.0 Å². The molecule has 2 fully saturated rings. The summed E-state index contributed by atoms with van der Waals surface area (Å²) in [5.74, 6) is 0.612. The van der Waals surface area contributed by atoms with Gasteiger partial charge in [0.2, 0.25) is 0 Å². The minimum Gasteiger partial charge on any atom is -0.497 e. The number of hydrogen-bond donors (Lipinski definition) is 0. The van der Waals surface area contributed by atoms with Crippen molar-refractivity contribution in [2.75, 3.05) is 33.8 Å². The normalized spacial score (nSPS) is 26.3. The second-order valence-corrected chi connectivity index (χ2v) is 9.82. The maximum Gasteiger partial charge on any atom is 0.302 e. The highest BCUT2D eigenvalue weighted by atomic mass is 16.5. The number of hydrogen-bond acceptors (Lipinski definition) is 5. The minimum atomic E-state index is -0.295. The van der Waals surface area contributed by atoms with Crippen LogP contribution < -0.4 is 4.74 Å². The number of rotatable bonds is 7. The van der Waals surface area contributed by atoms with Crippen molar-refractivity contribution >= 4 is 11.9 Å². The van der Waals surface area contributed by atoms with Gasteiger partial charge in [-0.25, -0.2) is 0 Å². The Bertz CT molecular complexity index is 1060. The van der Waals surface area contributed by atoms with Gasteiger partial charge in [0, 0.05) is 56.4 Å². The van der Waals surface area contributed by atoms with Gasteiger partial charge in [-0.2, -0.15) is 0 Å². The first-order chi connectivity index (χ1) is 16.9. The summed E-state index contributed by atoms with van der Waals surface area (Å²) >= 11 is 0. The van der Waals surface area contributed by atoms with Gasteiger partial charge >= 0.3 is 5.97 Å². The van der Waals surface area contributed by atoms with Crippen LogP contribution in [-0.4, -0.2) is 67.6 Å². The molecule has 6 heteroatoms. The molecule has 1 saturated carbocycles. The molecule has 6 nitrogen and oxygen atoms in total. The van der Waals surface area contributed by atoms with Crippen LogP contribution in [0.25, 0.3) is 0 Å². The second kappa shape index (κ2) is 10.6. The zero-order valence-electron chi connectivity index (χ0n) is 21.0. The quantitative estimate of drug-likeness (QED) is 0.440. The molecule has 2 aromatic carbocycles. The molecule has 35 heavy (non-hydrogen) atoms. The van der Waals surface area contributed by atoms with E-state index in [4.69, 9.17) is 9.47 Å². The molecule has 2 aromatic rings. The van der Waals surface area contributed by atoms with Gasteiger partial charge in [0.1, 0.15) is 11.9 Å². The highest BCUT2D eigenvalue weighted by Gasteiger charge is 2.54. The number of piperidine rings is 1. The molecule has 4 atom stereocenters. The molecule has 4 rings (SSSR count). The van der Waals surface area contributed by atoms with E-state index >= 15 is 0 Å². The zero-order chi connectivity index (χ0) is 25.0. The highest BCUT2D eigenvalue weighted by Crippen LogP contribution is 2.51. The first-order valence-corrected chi connectivity index (χ1v) is 12.3. The summed E-state index contributed by atoms with van der Waals surface area (Å²) in [6, 6.07) is 17.6. The molecule has 186 valence electrons. The van der Waals surface area contributed by atoms with Gasteiger partial charge in [-0.05, 0) is 49.2 Å². The molecular weight excluding hydrogens is 440 g/mol. The monoisotopic (exact) mass is 476 g/mol. The Labute approximate surface area is 208 Å². The number of carbonyl (C=O) groups excluding carboxylic acids is 2. The van der Waals surface area contributed by atoms with E-state index in [-0.39, 0.29) is 35.4 Å². The summed E-state index contributed by atoms with van der Waals surface area (Å²) < 4.78 is 11.6. The third-order valence-corrected chi connectivity index (χ3v) is 7.83.